The average Bonchev–Trinajstić information content (AvgIpc) is 3.19. The predicted molar refractivity (Wildman–Crippen MR) is 112 cm³/mol. The molecule has 0 aliphatic rings. The van der Waals surface area contributed by atoms with E-state index in [0.29, 0.717) is 11.5 Å². The van der Waals surface area contributed by atoms with E-state index in [4.69, 9.17) is 5.10 Å². The largest absolute Gasteiger partial charge is 0.326 e. The van der Waals surface area contributed by atoms with Gasteiger partial charge in [-0.1, -0.05) is 26.0 Å². The van der Waals surface area contributed by atoms with Crippen LogP contribution in [0.15, 0.2) is 60.9 Å². The van der Waals surface area contributed by atoms with Gasteiger partial charge < -0.3 is 5.32 Å². The molecule has 0 radical (unpaired) electrons. The van der Waals surface area contributed by atoms with E-state index < -0.39 is 0 Å². The lowest BCUT2D eigenvalue weighted by Crippen LogP contribution is -2.21. The number of benzene rings is 1. The van der Waals surface area contributed by atoms with E-state index in [2.05, 4.69) is 20.5 Å². The molecular formula is C22H22N6O. The molecule has 0 aliphatic heterocycles. The van der Waals surface area contributed by atoms with Crippen molar-refractivity contribution in [3.63, 3.8) is 0 Å². The smallest absolute Gasteiger partial charge is 0.227 e. The van der Waals surface area contributed by atoms with E-state index in [9.17, 15) is 4.79 Å². The zero-order valence-electron chi connectivity index (χ0n) is 16.4. The second kappa shape index (κ2) is 8.18. The van der Waals surface area contributed by atoms with Gasteiger partial charge in [0.25, 0.3) is 0 Å². The first-order chi connectivity index (χ1) is 14.2. The van der Waals surface area contributed by atoms with E-state index in [1.807, 2.05) is 62.4 Å². The van der Waals surface area contributed by atoms with Crippen LogP contribution in [0.5, 0.6) is 0 Å². The van der Waals surface area contributed by atoms with Gasteiger partial charge in [-0.25, -0.2) is 0 Å². The zero-order chi connectivity index (χ0) is 20.2. The number of fused-ring (bicyclic) bond motifs is 1. The summed E-state index contributed by atoms with van der Waals surface area (Å²) in [6.07, 6.45) is 5.10. The molecule has 3 heterocycles. The van der Waals surface area contributed by atoms with Gasteiger partial charge in [-0.15, -0.1) is 10.2 Å². The van der Waals surface area contributed by atoms with Crippen LogP contribution in [-0.2, 0) is 4.79 Å². The first kappa shape index (κ1) is 18.7. The Morgan fingerprint density at radius 2 is 1.86 bits per heavy atom. The molecule has 1 amide bonds. The van der Waals surface area contributed by atoms with Crippen LogP contribution in [0.3, 0.4) is 0 Å². The number of anilines is 1. The molecule has 0 bridgehead atoms. The monoisotopic (exact) mass is 386 g/mol. The predicted octanol–water partition coefficient (Wildman–Crippen LogP) is 4.23. The van der Waals surface area contributed by atoms with Crippen molar-refractivity contribution in [3.8, 4) is 22.6 Å². The quantitative estimate of drug-likeness (QED) is 0.536. The third-order valence-corrected chi connectivity index (χ3v) is 4.96. The summed E-state index contributed by atoms with van der Waals surface area (Å²) in [5.74, 6) is 0.702. The van der Waals surface area contributed by atoms with Gasteiger partial charge in [0.1, 0.15) is 0 Å². The first-order valence-corrected chi connectivity index (χ1v) is 9.73. The zero-order valence-corrected chi connectivity index (χ0v) is 16.4. The second-order valence-electron chi connectivity index (χ2n) is 6.84. The van der Waals surface area contributed by atoms with Crippen molar-refractivity contribution in [2.24, 2.45) is 5.92 Å². The van der Waals surface area contributed by atoms with Crippen molar-refractivity contribution in [1.82, 2.24) is 24.8 Å². The normalized spacial score (nSPS) is 11.1. The van der Waals surface area contributed by atoms with Gasteiger partial charge in [0.05, 0.1) is 5.69 Å². The SMILES string of the molecule is CCC(CC)C(=O)Nc1cccc(-c2ccc3nnc(-c4cccnc4)n3n2)c1. The van der Waals surface area contributed by atoms with E-state index in [-0.39, 0.29) is 11.8 Å². The van der Waals surface area contributed by atoms with Crippen LogP contribution in [0, 0.1) is 5.92 Å². The fourth-order valence-electron chi connectivity index (χ4n) is 3.28. The molecule has 0 saturated heterocycles. The topological polar surface area (TPSA) is 85.1 Å². The summed E-state index contributed by atoms with van der Waals surface area (Å²) in [4.78, 5) is 16.6. The van der Waals surface area contributed by atoms with E-state index in [0.717, 1.165) is 35.3 Å². The van der Waals surface area contributed by atoms with Gasteiger partial charge in [-0.05, 0) is 49.2 Å². The Bertz CT molecular complexity index is 1130. The Kier molecular flexibility index (Phi) is 5.29. The summed E-state index contributed by atoms with van der Waals surface area (Å²) in [6, 6.07) is 15.3. The van der Waals surface area contributed by atoms with Crippen molar-refractivity contribution >= 4 is 17.2 Å². The molecule has 7 heteroatoms. The van der Waals surface area contributed by atoms with Crippen LogP contribution in [0.1, 0.15) is 26.7 Å². The minimum atomic E-state index is 0.0206. The molecule has 0 aliphatic carbocycles. The van der Waals surface area contributed by atoms with Gasteiger partial charge in [-0.3, -0.25) is 9.78 Å². The van der Waals surface area contributed by atoms with Gasteiger partial charge in [0.15, 0.2) is 11.5 Å². The number of aromatic nitrogens is 5. The van der Waals surface area contributed by atoms with Crippen LogP contribution in [0.4, 0.5) is 5.69 Å². The van der Waals surface area contributed by atoms with Crippen molar-refractivity contribution in [2.45, 2.75) is 26.7 Å². The fourth-order valence-corrected chi connectivity index (χ4v) is 3.28. The van der Waals surface area contributed by atoms with Crippen molar-refractivity contribution in [2.75, 3.05) is 5.32 Å². The molecule has 0 spiro atoms. The van der Waals surface area contributed by atoms with Crippen LogP contribution in [-0.4, -0.2) is 30.7 Å². The Hall–Kier alpha value is -3.61. The van der Waals surface area contributed by atoms with Gasteiger partial charge in [0, 0.05) is 35.1 Å². The number of nitrogens with zero attached hydrogens (tertiary/aromatic N) is 5. The number of hydrogen-bond acceptors (Lipinski definition) is 5. The van der Waals surface area contributed by atoms with E-state index in [1.54, 1.807) is 16.9 Å². The number of hydrogen-bond donors (Lipinski definition) is 1. The molecule has 1 N–H and O–H groups in total. The lowest BCUT2D eigenvalue weighted by atomic mass is 10.0. The number of carbonyl (C=O) groups is 1. The van der Waals surface area contributed by atoms with Crippen LogP contribution in [0.25, 0.3) is 28.3 Å². The molecule has 7 nitrogen and oxygen atoms in total. The summed E-state index contributed by atoms with van der Waals surface area (Å²) in [7, 11) is 0. The van der Waals surface area contributed by atoms with Crippen molar-refractivity contribution in [1.29, 1.82) is 0 Å². The molecule has 29 heavy (non-hydrogen) atoms. The Morgan fingerprint density at radius 1 is 1.03 bits per heavy atom. The number of pyridine rings is 1. The van der Waals surface area contributed by atoms with Gasteiger partial charge in [0.2, 0.25) is 5.91 Å². The minimum absolute atomic E-state index is 0.0206. The third kappa shape index (κ3) is 3.85. The van der Waals surface area contributed by atoms with Crippen molar-refractivity contribution in [3.05, 3.63) is 60.9 Å². The Balaban J connectivity index is 1.67. The van der Waals surface area contributed by atoms with E-state index >= 15 is 0 Å². The average molecular weight is 386 g/mol. The minimum Gasteiger partial charge on any atom is -0.326 e. The highest BCUT2D eigenvalue weighted by atomic mass is 16.1. The maximum absolute atomic E-state index is 12.4. The van der Waals surface area contributed by atoms with Crippen LogP contribution < -0.4 is 5.32 Å². The number of nitrogens with one attached hydrogen (secondary N) is 1. The molecule has 3 aromatic heterocycles. The molecule has 4 aromatic rings. The lowest BCUT2D eigenvalue weighted by Gasteiger charge is -2.13. The van der Waals surface area contributed by atoms with Gasteiger partial charge >= 0.3 is 0 Å². The molecule has 0 atom stereocenters. The number of rotatable bonds is 6. The summed E-state index contributed by atoms with van der Waals surface area (Å²) < 4.78 is 1.71. The van der Waals surface area contributed by atoms with Crippen molar-refractivity contribution < 1.29 is 4.79 Å². The fraction of sp³-hybridized carbons (Fsp3) is 0.227. The summed E-state index contributed by atoms with van der Waals surface area (Å²) in [6.45, 7) is 4.06. The number of amides is 1. The third-order valence-electron chi connectivity index (χ3n) is 4.96. The number of carbonyl (C=O) groups excluding carboxylic acids is 1. The highest BCUT2D eigenvalue weighted by molar-refractivity contribution is 5.93. The lowest BCUT2D eigenvalue weighted by molar-refractivity contribution is -0.120. The Morgan fingerprint density at radius 3 is 2.62 bits per heavy atom. The molecule has 0 fully saturated rings. The molecule has 4 rings (SSSR count). The Labute approximate surface area is 168 Å². The molecule has 1 aromatic carbocycles. The first-order valence-electron chi connectivity index (χ1n) is 9.73. The maximum Gasteiger partial charge on any atom is 0.227 e. The standard InChI is InChI=1S/C22H22N6O/c1-3-15(4-2)22(29)24-18-9-5-7-16(13-18)19-10-11-20-25-26-21(28(20)27-19)17-8-6-12-23-14-17/h5-15H,3-4H2,1-2H3,(H,24,29). The molecule has 0 saturated carbocycles. The highest BCUT2D eigenvalue weighted by Crippen LogP contribution is 2.24. The van der Waals surface area contributed by atoms with Crippen LogP contribution in [0.2, 0.25) is 0 Å². The molecule has 0 unspecified atom stereocenters. The summed E-state index contributed by atoms with van der Waals surface area (Å²) in [5, 5.41) is 16.2. The summed E-state index contributed by atoms with van der Waals surface area (Å²) >= 11 is 0. The van der Waals surface area contributed by atoms with E-state index in [1.165, 1.54) is 0 Å². The second-order valence-corrected chi connectivity index (χ2v) is 6.84. The molecule has 146 valence electrons. The van der Waals surface area contributed by atoms with Crippen LogP contribution >= 0.6 is 0 Å². The maximum atomic E-state index is 12.4. The summed E-state index contributed by atoms with van der Waals surface area (Å²) in [5.41, 5.74) is 3.93. The van der Waals surface area contributed by atoms with Gasteiger partial charge in [-0.2, -0.15) is 9.61 Å². The highest BCUT2D eigenvalue weighted by Gasteiger charge is 2.15. The molecular weight excluding hydrogens is 364 g/mol.